The van der Waals surface area contributed by atoms with Gasteiger partial charge in [-0.1, -0.05) is 33.0 Å². The molecule has 0 spiro atoms. The summed E-state index contributed by atoms with van der Waals surface area (Å²) >= 11 is 19.7. The van der Waals surface area contributed by atoms with Crippen molar-refractivity contribution in [3.63, 3.8) is 0 Å². The SMILES string of the molecule is Cc1ccc(C2C(C(Nc3cc(F)c(C)c(C(=O)NCC(F)(F)P)c3)=C3CC3)C2(Cl)Cl)cc1Cl. The van der Waals surface area contributed by atoms with E-state index in [9.17, 15) is 18.0 Å². The maximum absolute atomic E-state index is 14.7. The minimum absolute atomic E-state index is 0.0300. The summed E-state index contributed by atoms with van der Waals surface area (Å²) in [4.78, 5) is 12.5. The maximum atomic E-state index is 14.7. The molecule has 2 aliphatic carbocycles. The molecule has 3 nitrogen and oxygen atoms in total. The fraction of sp³-hybridized carbons (Fsp3) is 0.375. The van der Waals surface area contributed by atoms with Gasteiger partial charge in [0, 0.05) is 33.8 Å². The summed E-state index contributed by atoms with van der Waals surface area (Å²) < 4.78 is 39.9. The first-order valence-corrected chi connectivity index (χ1v) is 12.4. The van der Waals surface area contributed by atoms with E-state index in [0.717, 1.165) is 35.2 Å². The first-order valence-electron chi connectivity index (χ1n) is 10.7. The normalized spacial score (nSPS) is 20.7. The van der Waals surface area contributed by atoms with Gasteiger partial charge in [0.15, 0.2) is 0 Å². The van der Waals surface area contributed by atoms with E-state index < -0.39 is 28.3 Å². The van der Waals surface area contributed by atoms with Crippen LogP contribution in [0.15, 0.2) is 41.6 Å². The van der Waals surface area contributed by atoms with Gasteiger partial charge in [-0.05, 0) is 67.2 Å². The van der Waals surface area contributed by atoms with Gasteiger partial charge in [-0.3, -0.25) is 4.79 Å². The van der Waals surface area contributed by atoms with Gasteiger partial charge in [-0.2, -0.15) is 0 Å². The molecule has 0 radical (unpaired) electrons. The molecule has 2 aromatic rings. The number of anilines is 1. The van der Waals surface area contributed by atoms with E-state index in [1.165, 1.54) is 28.3 Å². The number of alkyl halides is 4. The minimum atomic E-state index is -3.16. The second kappa shape index (κ2) is 9.20. The van der Waals surface area contributed by atoms with Gasteiger partial charge in [-0.15, -0.1) is 23.2 Å². The van der Waals surface area contributed by atoms with Crippen LogP contribution >= 0.6 is 44.0 Å². The summed E-state index contributed by atoms with van der Waals surface area (Å²) in [6, 6.07) is 8.42. The summed E-state index contributed by atoms with van der Waals surface area (Å²) in [6.45, 7) is 2.45. The van der Waals surface area contributed by atoms with Gasteiger partial charge in [0.1, 0.15) is 10.2 Å². The molecule has 2 N–H and O–H groups in total. The lowest BCUT2D eigenvalue weighted by Crippen LogP contribution is -2.33. The number of nitrogens with one attached hydrogen (secondary N) is 2. The van der Waals surface area contributed by atoms with Crippen molar-refractivity contribution in [3.8, 4) is 0 Å². The van der Waals surface area contributed by atoms with Crippen LogP contribution in [0.2, 0.25) is 5.02 Å². The Balaban J connectivity index is 1.61. The van der Waals surface area contributed by atoms with Crippen LogP contribution in [0.5, 0.6) is 0 Å². The second-order valence-electron chi connectivity index (χ2n) is 8.86. The molecule has 34 heavy (non-hydrogen) atoms. The van der Waals surface area contributed by atoms with Gasteiger partial charge in [-0.25, -0.2) is 13.2 Å². The number of halogens is 6. The Kier molecular flexibility index (Phi) is 6.94. The number of carbonyl (C=O) groups excluding carboxylic acids is 1. The third-order valence-electron chi connectivity index (χ3n) is 6.15. The molecule has 0 bridgehead atoms. The van der Waals surface area contributed by atoms with Crippen molar-refractivity contribution in [2.75, 3.05) is 11.9 Å². The Hall–Kier alpha value is -1.46. The topological polar surface area (TPSA) is 41.1 Å². The first-order chi connectivity index (χ1) is 15.8. The smallest absolute Gasteiger partial charge is 0.275 e. The predicted octanol–water partition coefficient (Wildman–Crippen LogP) is 7.34. The summed E-state index contributed by atoms with van der Waals surface area (Å²) in [5.41, 5.74) is 0.943. The standard InChI is InChI=1S/C24H23Cl3F3N2OP/c1-11-3-4-14(7-17(11)25)19-20(24(19,26)27)21(13-5-6-13)32-15-8-16(12(2)18(28)9-15)22(33)31-10-23(29,30)34/h3-4,7-9,19-20,32H,5-6,10,34H2,1-2H3,(H,31,33). The fourth-order valence-corrected chi connectivity index (χ4v) is 5.20. The minimum Gasteiger partial charge on any atom is -0.358 e. The van der Waals surface area contributed by atoms with Gasteiger partial charge in [0.25, 0.3) is 11.6 Å². The van der Waals surface area contributed by atoms with Gasteiger partial charge in [0.2, 0.25) is 0 Å². The largest absolute Gasteiger partial charge is 0.358 e. The molecular weight excluding hydrogens is 527 g/mol. The van der Waals surface area contributed by atoms with Crippen LogP contribution in [-0.2, 0) is 0 Å². The number of benzene rings is 2. The van der Waals surface area contributed by atoms with Crippen molar-refractivity contribution in [2.45, 2.75) is 42.6 Å². The average molecular weight is 550 g/mol. The van der Waals surface area contributed by atoms with Crippen molar-refractivity contribution in [1.82, 2.24) is 5.32 Å². The average Bonchev–Trinajstić information content (AvgIpc) is 3.65. The Bertz CT molecular complexity index is 1190. The zero-order chi connectivity index (χ0) is 25.0. The van der Waals surface area contributed by atoms with Crippen molar-refractivity contribution in [1.29, 1.82) is 0 Å². The number of allylic oxidation sites excluding steroid dienone is 2. The van der Waals surface area contributed by atoms with Crippen LogP contribution in [0.1, 0.15) is 45.8 Å². The Morgan fingerprint density at radius 1 is 1.21 bits per heavy atom. The molecule has 2 aromatic carbocycles. The molecule has 2 aliphatic rings. The number of carbonyl (C=O) groups is 1. The van der Waals surface area contributed by atoms with Crippen LogP contribution in [0.3, 0.4) is 0 Å². The van der Waals surface area contributed by atoms with Gasteiger partial charge in [0.05, 0.1) is 6.54 Å². The number of hydrogen-bond donors (Lipinski definition) is 2. The molecule has 3 atom stereocenters. The first kappa shape index (κ1) is 25.6. The molecule has 3 unspecified atom stereocenters. The van der Waals surface area contributed by atoms with E-state index in [4.69, 9.17) is 34.8 Å². The van der Waals surface area contributed by atoms with Gasteiger partial charge < -0.3 is 10.6 Å². The Morgan fingerprint density at radius 3 is 2.47 bits per heavy atom. The Labute approximate surface area is 213 Å². The highest BCUT2D eigenvalue weighted by Crippen LogP contribution is 2.69. The number of hydrogen-bond acceptors (Lipinski definition) is 2. The van der Waals surface area contributed by atoms with Crippen LogP contribution in [0.25, 0.3) is 0 Å². The lowest BCUT2D eigenvalue weighted by Gasteiger charge is -2.16. The predicted molar refractivity (Wildman–Crippen MR) is 135 cm³/mol. The summed E-state index contributed by atoms with van der Waals surface area (Å²) in [5.74, 6) is -1.91. The van der Waals surface area contributed by atoms with E-state index in [-0.39, 0.29) is 23.0 Å². The molecule has 0 aromatic heterocycles. The highest BCUT2D eigenvalue weighted by atomic mass is 35.5. The lowest BCUT2D eigenvalue weighted by atomic mass is 10.0. The number of rotatable bonds is 7. The van der Waals surface area contributed by atoms with Crippen LogP contribution < -0.4 is 10.6 Å². The van der Waals surface area contributed by atoms with Crippen molar-refractivity contribution in [2.24, 2.45) is 5.92 Å². The highest BCUT2D eigenvalue weighted by Gasteiger charge is 2.66. The number of aryl methyl sites for hydroxylation is 1. The third kappa shape index (κ3) is 5.36. The van der Waals surface area contributed by atoms with Crippen LogP contribution in [0.4, 0.5) is 18.9 Å². The molecule has 10 heteroatoms. The molecular formula is C24H23Cl3F3N2OP. The molecule has 2 saturated carbocycles. The van der Waals surface area contributed by atoms with Crippen molar-refractivity contribution in [3.05, 3.63) is 74.7 Å². The third-order valence-corrected chi connectivity index (χ3v) is 7.70. The van der Waals surface area contributed by atoms with E-state index in [2.05, 4.69) is 10.6 Å². The zero-order valence-electron chi connectivity index (χ0n) is 18.4. The van der Waals surface area contributed by atoms with Crippen molar-refractivity contribution >= 4 is 55.6 Å². The number of amides is 1. The molecule has 2 fully saturated rings. The van der Waals surface area contributed by atoms with E-state index >= 15 is 0 Å². The molecule has 182 valence electrons. The van der Waals surface area contributed by atoms with E-state index in [0.29, 0.717) is 10.7 Å². The highest BCUT2D eigenvalue weighted by molar-refractivity contribution is 7.18. The van der Waals surface area contributed by atoms with Crippen LogP contribution in [-0.4, -0.2) is 22.4 Å². The maximum Gasteiger partial charge on any atom is 0.275 e. The zero-order valence-corrected chi connectivity index (χ0v) is 21.8. The Morgan fingerprint density at radius 2 is 1.88 bits per heavy atom. The lowest BCUT2D eigenvalue weighted by molar-refractivity contribution is 0.0804. The quantitative estimate of drug-likeness (QED) is 0.280. The molecule has 0 saturated heterocycles. The van der Waals surface area contributed by atoms with Gasteiger partial charge >= 0.3 is 0 Å². The molecule has 0 aliphatic heterocycles. The van der Waals surface area contributed by atoms with E-state index in [1.54, 1.807) is 0 Å². The molecule has 4 rings (SSSR count). The fourth-order valence-electron chi connectivity index (χ4n) is 4.06. The van der Waals surface area contributed by atoms with E-state index in [1.807, 2.05) is 25.1 Å². The molecule has 1 amide bonds. The molecule has 0 heterocycles. The summed E-state index contributed by atoms with van der Waals surface area (Å²) in [7, 11) is 1.36. The monoisotopic (exact) mass is 548 g/mol. The second-order valence-corrected chi connectivity index (χ2v) is 11.6. The van der Waals surface area contributed by atoms with Crippen LogP contribution in [0, 0.1) is 25.6 Å². The van der Waals surface area contributed by atoms with Crippen molar-refractivity contribution < 1.29 is 18.0 Å². The summed E-state index contributed by atoms with van der Waals surface area (Å²) in [6.07, 6.45) is 1.71. The summed E-state index contributed by atoms with van der Waals surface area (Å²) in [5, 5.41) is 5.98.